The maximum absolute atomic E-state index is 10.8. The molecular weight excluding hydrogens is 176 g/mol. The van der Waals surface area contributed by atoms with Crippen LogP contribution in [0.15, 0.2) is 11.8 Å². The molecule has 2 aliphatic carbocycles. The number of hydrogen-bond donors (Lipinski definition) is 1. The van der Waals surface area contributed by atoms with Crippen molar-refractivity contribution >= 4 is 0 Å². The first kappa shape index (κ1) is 8.78. The Hall–Kier alpha value is -0.500. The first-order chi connectivity index (χ1) is 6.77. The van der Waals surface area contributed by atoms with Crippen LogP contribution in [0, 0.1) is 5.41 Å². The largest absolute Gasteiger partial charge is 0.501 e. The third-order valence-electron chi connectivity index (χ3n) is 4.63. The van der Waals surface area contributed by atoms with Crippen molar-refractivity contribution in [2.45, 2.75) is 50.5 Å². The molecule has 78 valence electrons. The summed E-state index contributed by atoms with van der Waals surface area (Å²) in [6.07, 6.45) is 9.89. The fraction of sp³-hybridized carbons (Fsp3) is 0.833. The average Bonchev–Trinajstić information content (AvgIpc) is 2.67. The van der Waals surface area contributed by atoms with Gasteiger partial charge in [-0.15, -0.1) is 0 Å². The standard InChI is InChI=1S/C12H18O2/c13-12(10-3-8-14-9-10)7-2-6-11(12)4-1-5-11/h9,13H,1-8H2. The van der Waals surface area contributed by atoms with Gasteiger partial charge in [-0.2, -0.15) is 0 Å². The maximum atomic E-state index is 10.8. The van der Waals surface area contributed by atoms with Gasteiger partial charge in [-0.05, 0) is 37.7 Å². The minimum absolute atomic E-state index is 0.243. The van der Waals surface area contributed by atoms with Crippen LogP contribution >= 0.6 is 0 Å². The predicted molar refractivity (Wildman–Crippen MR) is 53.7 cm³/mol. The lowest BCUT2D eigenvalue weighted by molar-refractivity contribution is -0.0778. The summed E-state index contributed by atoms with van der Waals surface area (Å²) in [5, 5.41) is 10.8. The second-order valence-corrected chi connectivity index (χ2v) is 5.11. The van der Waals surface area contributed by atoms with Crippen molar-refractivity contribution < 1.29 is 9.84 Å². The Bertz CT molecular complexity index is 278. The molecule has 1 spiro atoms. The van der Waals surface area contributed by atoms with Gasteiger partial charge in [0.15, 0.2) is 0 Å². The number of rotatable bonds is 1. The second kappa shape index (κ2) is 2.75. The Morgan fingerprint density at radius 3 is 2.43 bits per heavy atom. The molecule has 0 amide bonds. The Morgan fingerprint density at radius 1 is 1.14 bits per heavy atom. The molecule has 0 aromatic rings. The van der Waals surface area contributed by atoms with Crippen molar-refractivity contribution in [1.29, 1.82) is 0 Å². The number of ether oxygens (including phenoxy) is 1. The average molecular weight is 194 g/mol. The number of hydrogen-bond acceptors (Lipinski definition) is 2. The third-order valence-corrected chi connectivity index (χ3v) is 4.63. The predicted octanol–water partition coefficient (Wildman–Crippen LogP) is 2.38. The highest BCUT2D eigenvalue weighted by molar-refractivity contribution is 5.27. The summed E-state index contributed by atoms with van der Waals surface area (Å²) in [5.41, 5.74) is 0.920. The van der Waals surface area contributed by atoms with E-state index in [0.29, 0.717) is 0 Å². The van der Waals surface area contributed by atoms with Crippen molar-refractivity contribution in [3.05, 3.63) is 11.8 Å². The van der Waals surface area contributed by atoms with Gasteiger partial charge in [-0.25, -0.2) is 0 Å². The lowest BCUT2D eigenvalue weighted by Gasteiger charge is -2.49. The van der Waals surface area contributed by atoms with Gasteiger partial charge in [0.05, 0.1) is 18.5 Å². The zero-order chi connectivity index (χ0) is 9.65. The van der Waals surface area contributed by atoms with Gasteiger partial charge < -0.3 is 9.84 Å². The molecule has 1 aliphatic heterocycles. The molecule has 2 nitrogen and oxygen atoms in total. The summed E-state index contributed by atoms with van der Waals surface area (Å²) < 4.78 is 5.27. The molecule has 0 bridgehead atoms. The van der Waals surface area contributed by atoms with Crippen LogP contribution in [-0.4, -0.2) is 17.3 Å². The molecule has 0 saturated heterocycles. The molecule has 0 radical (unpaired) electrons. The lowest BCUT2D eigenvalue weighted by Crippen LogP contribution is -2.49. The zero-order valence-corrected chi connectivity index (χ0v) is 8.59. The van der Waals surface area contributed by atoms with Crippen LogP contribution in [0.2, 0.25) is 0 Å². The highest BCUT2D eigenvalue weighted by Gasteiger charge is 2.58. The zero-order valence-electron chi connectivity index (χ0n) is 8.59. The summed E-state index contributed by atoms with van der Waals surface area (Å²) in [4.78, 5) is 0. The van der Waals surface area contributed by atoms with E-state index in [4.69, 9.17) is 4.74 Å². The van der Waals surface area contributed by atoms with Crippen molar-refractivity contribution in [2.75, 3.05) is 6.61 Å². The van der Waals surface area contributed by atoms with Crippen LogP contribution in [0.3, 0.4) is 0 Å². The van der Waals surface area contributed by atoms with E-state index in [1.54, 1.807) is 0 Å². The topological polar surface area (TPSA) is 29.5 Å². The van der Waals surface area contributed by atoms with E-state index >= 15 is 0 Å². The molecule has 1 heterocycles. The summed E-state index contributed by atoms with van der Waals surface area (Å²) >= 11 is 0. The lowest BCUT2D eigenvalue weighted by atomic mass is 9.58. The van der Waals surface area contributed by atoms with Crippen molar-refractivity contribution in [3.63, 3.8) is 0 Å². The van der Waals surface area contributed by atoms with E-state index in [1.165, 1.54) is 37.7 Å². The van der Waals surface area contributed by atoms with Crippen LogP contribution in [-0.2, 0) is 4.74 Å². The summed E-state index contributed by atoms with van der Waals surface area (Å²) in [6, 6.07) is 0. The minimum atomic E-state index is -0.498. The molecule has 1 N–H and O–H groups in total. The fourth-order valence-electron chi connectivity index (χ4n) is 3.61. The summed E-state index contributed by atoms with van der Waals surface area (Å²) in [7, 11) is 0. The van der Waals surface area contributed by atoms with Gasteiger partial charge in [-0.3, -0.25) is 0 Å². The van der Waals surface area contributed by atoms with Crippen LogP contribution in [0.4, 0.5) is 0 Å². The van der Waals surface area contributed by atoms with Gasteiger partial charge >= 0.3 is 0 Å². The SMILES string of the molecule is OC1(C2=COCC2)CCCC12CCC2. The van der Waals surface area contributed by atoms with E-state index in [-0.39, 0.29) is 5.41 Å². The molecule has 2 saturated carbocycles. The summed E-state index contributed by atoms with van der Waals surface area (Å²) in [5.74, 6) is 0. The van der Waals surface area contributed by atoms with Crippen LogP contribution in [0.25, 0.3) is 0 Å². The smallest absolute Gasteiger partial charge is 0.0946 e. The highest BCUT2D eigenvalue weighted by atomic mass is 16.5. The highest BCUT2D eigenvalue weighted by Crippen LogP contribution is 2.61. The second-order valence-electron chi connectivity index (χ2n) is 5.11. The van der Waals surface area contributed by atoms with Crippen LogP contribution in [0.5, 0.6) is 0 Å². The van der Waals surface area contributed by atoms with Gasteiger partial charge in [-0.1, -0.05) is 6.42 Å². The molecule has 0 aromatic carbocycles. The monoisotopic (exact) mass is 194 g/mol. The quantitative estimate of drug-likeness (QED) is 0.694. The Kier molecular flexibility index (Phi) is 1.73. The molecule has 2 fully saturated rings. The van der Waals surface area contributed by atoms with E-state index in [0.717, 1.165) is 19.4 Å². The normalized spacial score (nSPS) is 39.4. The van der Waals surface area contributed by atoms with Crippen LogP contribution < -0.4 is 0 Å². The van der Waals surface area contributed by atoms with Gasteiger partial charge in [0.2, 0.25) is 0 Å². The molecule has 14 heavy (non-hydrogen) atoms. The first-order valence-corrected chi connectivity index (χ1v) is 5.80. The first-order valence-electron chi connectivity index (χ1n) is 5.80. The molecule has 3 rings (SSSR count). The van der Waals surface area contributed by atoms with Gasteiger partial charge in [0.1, 0.15) is 0 Å². The Balaban J connectivity index is 1.93. The molecule has 1 unspecified atom stereocenters. The summed E-state index contributed by atoms with van der Waals surface area (Å²) in [6.45, 7) is 0.772. The fourth-order valence-corrected chi connectivity index (χ4v) is 3.61. The van der Waals surface area contributed by atoms with E-state index in [9.17, 15) is 5.11 Å². The van der Waals surface area contributed by atoms with Gasteiger partial charge in [0, 0.05) is 11.8 Å². The maximum Gasteiger partial charge on any atom is 0.0946 e. The molecular formula is C12H18O2. The van der Waals surface area contributed by atoms with Gasteiger partial charge in [0.25, 0.3) is 0 Å². The third kappa shape index (κ3) is 0.902. The van der Waals surface area contributed by atoms with E-state index < -0.39 is 5.60 Å². The molecule has 1 atom stereocenters. The van der Waals surface area contributed by atoms with E-state index in [2.05, 4.69) is 0 Å². The Labute approximate surface area is 85.0 Å². The molecule has 0 aromatic heterocycles. The molecule has 2 heteroatoms. The molecule has 3 aliphatic rings. The number of aliphatic hydroxyl groups is 1. The Morgan fingerprint density at radius 2 is 1.86 bits per heavy atom. The van der Waals surface area contributed by atoms with E-state index in [1.807, 2.05) is 6.26 Å². The van der Waals surface area contributed by atoms with Crippen molar-refractivity contribution in [2.24, 2.45) is 5.41 Å². The van der Waals surface area contributed by atoms with Crippen LogP contribution in [0.1, 0.15) is 44.9 Å². The van der Waals surface area contributed by atoms with Crippen molar-refractivity contribution in [3.8, 4) is 0 Å². The minimum Gasteiger partial charge on any atom is -0.501 e. The van der Waals surface area contributed by atoms with Crippen molar-refractivity contribution in [1.82, 2.24) is 0 Å².